The molecule has 1 aromatic carbocycles. The maximum absolute atomic E-state index is 10.8. The second-order valence-electron chi connectivity index (χ2n) is 3.81. The van der Waals surface area contributed by atoms with E-state index in [1.165, 1.54) is 4.90 Å². The van der Waals surface area contributed by atoms with Gasteiger partial charge in [-0.15, -0.1) is 11.8 Å². The Labute approximate surface area is 111 Å². The summed E-state index contributed by atoms with van der Waals surface area (Å²) >= 11 is 7.66. The number of Topliss-reactive ketones (excluding diaryl/α,β-unsaturated/α-hetero) is 1. The Morgan fingerprint density at radius 3 is 2.82 bits per heavy atom. The van der Waals surface area contributed by atoms with Gasteiger partial charge < -0.3 is 5.11 Å². The lowest BCUT2D eigenvalue weighted by atomic mass is 10.1. The van der Waals surface area contributed by atoms with Crippen molar-refractivity contribution >= 4 is 29.1 Å². The smallest absolute Gasteiger partial charge is 0.158 e. The number of aliphatic hydroxyl groups excluding tert-OH is 1. The van der Waals surface area contributed by atoms with Gasteiger partial charge in [0.1, 0.15) is 6.61 Å². The molecule has 1 N–H and O–H groups in total. The van der Waals surface area contributed by atoms with Crippen LogP contribution in [0, 0.1) is 0 Å². The lowest BCUT2D eigenvalue weighted by Gasteiger charge is -2.02. The fourth-order valence-corrected chi connectivity index (χ4v) is 2.65. The highest BCUT2D eigenvalue weighted by Gasteiger charge is 1.99. The standard InChI is InChI=1S/C13H17ClO2S/c14-11-5-4-7-13(9-11)17-8-3-1-2-6-12(16)10-15/h4-5,7,9,15H,1-3,6,8,10H2. The van der Waals surface area contributed by atoms with Gasteiger partial charge in [-0.1, -0.05) is 24.1 Å². The summed E-state index contributed by atoms with van der Waals surface area (Å²) < 4.78 is 0. The first-order valence-electron chi connectivity index (χ1n) is 5.73. The molecule has 0 bridgehead atoms. The Hall–Kier alpha value is -0.510. The predicted octanol–water partition coefficient (Wildman–Crippen LogP) is 3.55. The number of benzene rings is 1. The summed E-state index contributed by atoms with van der Waals surface area (Å²) in [4.78, 5) is 12.0. The molecular weight excluding hydrogens is 256 g/mol. The molecule has 0 aromatic heterocycles. The van der Waals surface area contributed by atoms with Gasteiger partial charge in [0, 0.05) is 16.3 Å². The molecule has 0 aliphatic rings. The van der Waals surface area contributed by atoms with Crippen molar-refractivity contribution in [1.29, 1.82) is 0 Å². The third kappa shape index (κ3) is 6.71. The summed E-state index contributed by atoms with van der Waals surface area (Å²) in [7, 11) is 0. The van der Waals surface area contributed by atoms with Crippen molar-refractivity contribution in [1.82, 2.24) is 0 Å². The minimum Gasteiger partial charge on any atom is -0.389 e. The van der Waals surface area contributed by atoms with Crippen molar-refractivity contribution in [3.8, 4) is 0 Å². The van der Waals surface area contributed by atoms with Crippen LogP contribution in [0.15, 0.2) is 29.2 Å². The van der Waals surface area contributed by atoms with Crippen molar-refractivity contribution in [3.63, 3.8) is 0 Å². The van der Waals surface area contributed by atoms with Gasteiger partial charge >= 0.3 is 0 Å². The van der Waals surface area contributed by atoms with Crippen LogP contribution < -0.4 is 0 Å². The first-order chi connectivity index (χ1) is 8.22. The van der Waals surface area contributed by atoms with E-state index in [0.717, 1.165) is 30.0 Å². The molecule has 2 nitrogen and oxygen atoms in total. The number of aliphatic hydroxyl groups is 1. The largest absolute Gasteiger partial charge is 0.389 e. The molecule has 0 atom stereocenters. The quantitative estimate of drug-likeness (QED) is 0.581. The van der Waals surface area contributed by atoms with E-state index in [-0.39, 0.29) is 12.4 Å². The number of unbranched alkanes of at least 4 members (excludes halogenated alkanes) is 2. The minimum absolute atomic E-state index is 0.0625. The third-order valence-electron chi connectivity index (χ3n) is 2.34. The second-order valence-corrected chi connectivity index (χ2v) is 5.42. The molecule has 4 heteroatoms. The van der Waals surface area contributed by atoms with Crippen LogP contribution in [-0.2, 0) is 4.79 Å². The predicted molar refractivity (Wildman–Crippen MR) is 72.7 cm³/mol. The SMILES string of the molecule is O=C(CO)CCCCCSc1cccc(Cl)c1. The van der Waals surface area contributed by atoms with E-state index >= 15 is 0 Å². The molecule has 0 amide bonds. The van der Waals surface area contributed by atoms with Gasteiger partial charge in [0.2, 0.25) is 0 Å². The van der Waals surface area contributed by atoms with Crippen LogP contribution in [-0.4, -0.2) is 23.2 Å². The number of carbonyl (C=O) groups excluding carboxylic acids is 1. The van der Waals surface area contributed by atoms with Crippen LogP contribution in [0.25, 0.3) is 0 Å². The highest BCUT2D eigenvalue weighted by atomic mass is 35.5. The number of hydrogen-bond donors (Lipinski definition) is 1. The fraction of sp³-hybridized carbons (Fsp3) is 0.462. The molecule has 94 valence electrons. The van der Waals surface area contributed by atoms with E-state index in [1.807, 2.05) is 24.3 Å². The van der Waals surface area contributed by atoms with E-state index in [9.17, 15) is 4.79 Å². The molecule has 0 unspecified atom stereocenters. The number of carbonyl (C=O) groups is 1. The molecule has 0 aliphatic carbocycles. The molecule has 0 spiro atoms. The molecular formula is C13H17ClO2S. The maximum atomic E-state index is 10.8. The molecule has 1 rings (SSSR count). The van der Waals surface area contributed by atoms with Gasteiger partial charge in [-0.3, -0.25) is 4.79 Å². The van der Waals surface area contributed by atoms with E-state index in [2.05, 4.69) is 0 Å². The van der Waals surface area contributed by atoms with Crippen LogP contribution in [0.1, 0.15) is 25.7 Å². The molecule has 0 heterocycles. The fourth-order valence-electron chi connectivity index (χ4n) is 1.43. The summed E-state index contributed by atoms with van der Waals surface area (Å²) in [5.41, 5.74) is 0. The van der Waals surface area contributed by atoms with E-state index in [4.69, 9.17) is 16.7 Å². The van der Waals surface area contributed by atoms with Crippen molar-refractivity contribution in [2.24, 2.45) is 0 Å². The Bertz CT molecular complexity index is 355. The van der Waals surface area contributed by atoms with E-state index < -0.39 is 0 Å². The molecule has 0 saturated heterocycles. The van der Waals surface area contributed by atoms with Crippen LogP contribution in [0.3, 0.4) is 0 Å². The van der Waals surface area contributed by atoms with Crippen molar-refractivity contribution in [3.05, 3.63) is 29.3 Å². The highest BCUT2D eigenvalue weighted by molar-refractivity contribution is 7.99. The summed E-state index contributed by atoms with van der Waals surface area (Å²) in [5.74, 6) is 0.973. The first-order valence-corrected chi connectivity index (χ1v) is 7.09. The van der Waals surface area contributed by atoms with Crippen LogP contribution >= 0.6 is 23.4 Å². The number of hydrogen-bond acceptors (Lipinski definition) is 3. The zero-order chi connectivity index (χ0) is 12.5. The molecule has 0 radical (unpaired) electrons. The highest BCUT2D eigenvalue weighted by Crippen LogP contribution is 2.22. The summed E-state index contributed by atoms with van der Waals surface area (Å²) in [6, 6.07) is 7.82. The lowest BCUT2D eigenvalue weighted by Crippen LogP contribution is -2.02. The summed E-state index contributed by atoms with van der Waals surface area (Å²) in [6.07, 6.45) is 3.48. The van der Waals surface area contributed by atoms with Crippen molar-refractivity contribution < 1.29 is 9.90 Å². The number of halogens is 1. The zero-order valence-electron chi connectivity index (χ0n) is 9.69. The van der Waals surface area contributed by atoms with Gasteiger partial charge in [0.25, 0.3) is 0 Å². The topological polar surface area (TPSA) is 37.3 Å². The first kappa shape index (κ1) is 14.6. The number of ketones is 1. The maximum Gasteiger partial charge on any atom is 0.158 e. The zero-order valence-corrected chi connectivity index (χ0v) is 11.3. The third-order valence-corrected chi connectivity index (χ3v) is 3.66. The monoisotopic (exact) mass is 272 g/mol. The molecule has 17 heavy (non-hydrogen) atoms. The normalized spacial score (nSPS) is 10.5. The van der Waals surface area contributed by atoms with Gasteiger partial charge in [-0.25, -0.2) is 0 Å². The molecule has 0 aliphatic heterocycles. The average Bonchev–Trinajstić information content (AvgIpc) is 2.33. The van der Waals surface area contributed by atoms with Crippen LogP contribution in [0.5, 0.6) is 0 Å². The summed E-state index contributed by atoms with van der Waals surface area (Å²) in [6.45, 7) is -0.322. The second kappa shape index (κ2) is 8.56. The number of thioether (sulfide) groups is 1. The molecule has 0 fully saturated rings. The van der Waals surface area contributed by atoms with Gasteiger partial charge in [-0.2, -0.15) is 0 Å². The van der Waals surface area contributed by atoms with Crippen molar-refractivity contribution in [2.45, 2.75) is 30.6 Å². The average molecular weight is 273 g/mol. The van der Waals surface area contributed by atoms with Gasteiger partial charge in [-0.05, 0) is 36.8 Å². The van der Waals surface area contributed by atoms with Gasteiger partial charge in [0.15, 0.2) is 5.78 Å². The minimum atomic E-state index is -0.322. The van der Waals surface area contributed by atoms with E-state index in [0.29, 0.717) is 6.42 Å². The molecule has 0 saturated carbocycles. The Balaban J connectivity index is 2.06. The van der Waals surface area contributed by atoms with E-state index in [1.54, 1.807) is 11.8 Å². The number of rotatable bonds is 8. The summed E-state index contributed by atoms with van der Waals surface area (Å²) in [5, 5.41) is 9.31. The van der Waals surface area contributed by atoms with Gasteiger partial charge in [0.05, 0.1) is 0 Å². The Morgan fingerprint density at radius 2 is 2.12 bits per heavy atom. The van der Waals surface area contributed by atoms with Crippen molar-refractivity contribution in [2.75, 3.05) is 12.4 Å². The molecule has 1 aromatic rings. The lowest BCUT2D eigenvalue weighted by molar-refractivity contribution is -0.121. The Kier molecular flexibility index (Phi) is 7.33. The van der Waals surface area contributed by atoms with Crippen LogP contribution in [0.4, 0.5) is 0 Å². The Morgan fingerprint density at radius 1 is 1.29 bits per heavy atom. The van der Waals surface area contributed by atoms with Crippen LogP contribution in [0.2, 0.25) is 5.02 Å².